The van der Waals surface area contributed by atoms with Crippen LogP contribution in [0.2, 0.25) is 5.02 Å². The van der Waals surface area contributed by atoms with Crippen LogP contribution < -0.4 is 5.32 Å². The zero-order valence-corrected chi connectivity index (χ0v) is 25.3. The third kappa shape index (κ3) is 5.77. The highest BCUT2D eigenvalue weighted by Crippen LogP contribution is 2.34. The van der Waals surface area contributed by atoms with Crippen LogP contribution in [0.15, 0.2) is 103 Å². The summed E-state index contributed by atoms with van der Waals surface area (Å²) in [5.41, 5.74) is 9.36. The molecule has 0 radical (unpaired) electrons. The summed E-state index contributed by atoms with van der Waals surface area (Å²) in [6, 6.07) is 30.4. The molecule has 0 aliphatic carbocycles. The monoisotopic (exact) mass is 598 g/mol. The Morgan fingerprint density at radius 1 is 0.886 bits per heavy atom. The molecule has 0 spiro atoms. The molecule has 4 heterocycles. The summed E-state index contributed by atoms with van der Waals surface area (Å²) in [5.74, 6) is 1.38. The van der Waals surface area contributed by atoms with E-state index in [-0.39, 0.29) is 0 Å². The number of hydrogen-bond donors (Lipinski definition) is 2. The first kappa shape index (κ1) is 27.8. The summed E-state index contributed by atoms with van der Waals surface area (Å²) in [7, 11) is 4.17. The van der Waals surface area contributed by atoms with E-state index in [1.54, 1.807) is 6.20 Å². The Morgan fingerprint density at radius 2 is 1.77 bits per heavy atom. The molecule has 4 aromatic heterocycles. The van der Waals surface area contributed by atoms with Crippen LogP contribution in [-0.4, -0.2) is 54.9 Å². The number of pyridine rings is 1. The lowest BCUT2D eigenvalue weighted by atomic mass is 10.1. The molecule has 3 aromatic carbocycles. The molecule has 0 aliphatic rings. The van der Waals surface area contributed by atoms with Crippen LogP contribution in [0.3, 0.4) is 0 Å². The molecule has 0 atom stereocenters. The van der Waals surface area contributed by atoms with Crippen LogP contribution in [-0.2, 0) is 12.8 Å². The highest BCUT2D eigenvalue weighted by Gasteiger charge is 2.19. The summed E-state index contributed by atoms with van der Waals surface area (Å²) in [6.45, 7) is 0.986. The molecule has 0 aliphatic heterocycles. The summed E-state index contributed by atoms with van der Waals surface area (Å²) < 4.78 is 2.07. The molecular formula is C35H31ClN8. The highest BCUT2D eigenvalue weighted by atomic mass is 35.5. The SMILES string of the molecule is CN(C)CCc1cccc(Nc2nccc(-c3c(-c4ccc5nc(Cc6ccccc6Cl)[nH]c5c4)nc4ccccn34)n2)c1. The zero-order chi connectivity index (χ0) is 30.0. The van der Waals surface area contributed by atoms with Crippen molar-refractivity contribution in [2.45, 2.75) is 12.8 Å². The normalized spacial score (nSPS) is 11.5. The van der Waals surface area contributed by atoms with Crippen molar-refractivity contribution in [2.75, 3.05) is 26.0 Å². The van der Waals surface area contributed by atoms with Gasteiger partial charge in [-0.05, 0) is 80.2 Å². The number of anilines is 2. The fourth-order valence-corrected chi connectivity index (χ4v) is 5.60. The van der Waals surface area contributed by atoms with Gasteiger partial charge >= 0.3 is 0 Å². The van der Waals surface area contributed by atoms with Crippen molar-refractivity contribution in [1.29, 1.82) is 0 Å². The van der Waals surface area contributed by atoms with E-state index < -0.39 is 0 Å². The maximum atomic E-state index is 6.41. The van der Waals surface area contributed by atoms with Gasteiger partial charge in [-0.3, -0.25) is 4.40 Å². The predicted molar refractivity (Wildman–Crippen MR) is 178 cm³/mol. The van der Waals surface area contributed by atoms with Gasteiger partial charge in [0.2, 0.25) is 5.95 Å². The number of likely N-dealkylation sites (N-methyl/N-ethyl adjacent to an activating group) is 1. The van der Waals surface area contributed by atoms with Crippen molar-refractivity contribution in [3.63, 3.8) is 0 Å². The molecule has 9 heteroatoms. The van der Waals surface area contributed by atoms with Crippen molar-refractivity contribution in [3.8, 4) is 22.6 Å². The number of aromatic amines is 1. The molecule has 44 heavy (non-hydrogen) atoms. The van der Waals surface area contributed by atoms with Gasteiger partial charge in [0.05, 0.1) is 28.1 Å². The quantitative estimate of drug-likeness (QED) is 0.180. The Hall–Kier alpha value is -5.05. The highest BCUT2D eigenvalue weighted by molar-refractivity contribution is 6.31. The Bertz CT molecular complexity index is 2090. The maximum Gasteiger partial charge on any atom is 0.227 e. The molecule has 0 saturated carbocycles. The van der Waals surface area contributed by atoms with Gasteiger partial charge in [-0.25, -0.2) is 19.9 Å². The fourth-order valence-electron chi connectivity index (χ4n) is 5.39. The van der Waals surface area contributed by atoms with Crippen molar-refractivity contribution in [1.82, 2.24) is 34.2 Å². The average Bonchev–Trinajstić information content (AvgIpc) is 3.62. The van der Waals surface area contributed by atoms with E-state index in [4.69, 9.17) is 26.6 Å². The largest absolute Gasteiger partial charge is 0.342 e. The summed E-state index contributed by atoms with van der Waals surface area (Å²) in [4.78, 5) is 25.0. The summed E-state index contributed by atoms with van der Waals surface area (Å²) in [6.07, 6.45) is 5.39. The number of imidazole rings is 2. The number of benzene rings is 3. The van der Waals surface area contributed by atoms with Crippen LogP contribution in [0, 0.1) is 0 Å². The second-order valence-corrected chi connectivity index (χ2v) is 11.5. The molecule has 0 bridgehead atoms. The Kier molecular flexibility index (Phi) is 7.52. The number of hydrogen-bond acceptors (Lipinski definition) is 6. The third-order valence-corrected chi connectivity index (χ3v) is 7.95. The summed E-state index contributed by atoms with van der Waals surface area (Å²) >= 11 is 6.41. The first-order valence-corrected chi connectivity index (χ1v) is 14.9. The first-order chi connectivity index (χ1) is 21.5. The van der Waals surface area contributed by atoms with Gasteiger partial charge in [0, 0.05) is 41.6 Å². The van der Waals surface area contributed by atoms with Gasteiger partial charge in [0.15, 0.2) is 0 Å². The molecule has 0 saturated heterocycles. The number of halogens is 1. The van der Waals surface area contributed by atoms with Crippen molar-refractivity contribution in [3.05, 3.63) is 125 Å². The Labute approximate surface area is 260 Å². The van der Waals surface area contributed by atoms with E-state index >= 15 is 0 Å². The molecule has 7 aromatic rings. The van der Waals surface area contributed by atoms with E-state index in [1.807, 2.05) is 66.9 Å². The molecule has 8 nitrogen and oxygen atoms in total. The molecule has 2 N–H and O–H groups in total. The molecular weight excluding hydrogens is 568 g/mol. The van der Waals surface area contributed by atoms with Crippen molar-refractivity contribution >= 4 is 39.9 Å². The minimum absolute atomic E-state index is 0.525. The fraction of sp³-hybridized carbons (Fsp3) is 0.143. The number of H-pyrrole nitrogens is 1. The number of nitrogens with one attached hydrogen (secondary N) is 2. The van der Waals surface area contributed by atoms with E-state index in [0.717, 1.165) is 74.4 Å². The lowest BCUT2D eigenvalue weighted by Gasteiger charge is -2.11. The maximum absolute atomic E-state index is 6.41. The second kappa shape index (κ2) is 11.9. The van der Waals surface area contributed by atoms with Crippen LogP contribution >= 0.6 is 11.6 Å². The van der Waals surface area contributed by atoms with Crippen molar-refractivity contribution < 1.29 is 0 Å². The minimum atomic E-state index is 0.525. The van der Waals surface area contributed by atoms with Crippen LogP contribution in [0.1, 0.15) is 17.0 Å². The predicted octanol–water partition coefficient (Wildman–Crippen LogP) is 7.43. The van der Waals surface area contributed by atoms with E-state index in [2.05, 4.69) is 69.0 Å². The molecule has 218 valence electrons. The first-order valence-electron chi connectivity index (χ1n) is 14.5. The van der Waals surface area contributed by atoms with Gasteiger partial charge in [-0.2, -0.15) is 0 Å². The smallest absolute Gasteiger partial charge is 0.227 e. The van der Waals surface area contributed by atoms with Crippen LogP contribution in [0.5, 0.6) is 0 Å². The number of fused-ring (bicyclic) bond motifs is 2. The third-order valence-electron chi connectivity index (χ3n) is 7.58. The Morgan fingerprint density at radius 3 is 2.66 bits per heavy atom. The van der Waals surface area contributed by atoms with Crippen LogP contribution in [0.4, 0.5) is 11.6 Å². The number of rotatable bonds is 9. The lowest BCUT2D eigenvalue weighted by Crippen LogP contribution is -2.15. The van der Waals surface area contributed by atoms with Crippen LogP contribution in [0.25, 0.3) is 39.3 Å². The second-order valence-electron chi connectivity index (χ2n) is 11.1. The molecule has 0 amide bonds. The van der Waals surface area contributed by atoms with Gasteiger partial charge in [-0.15, -0.1) is 0 Å². The molecule has 0 fully saturated rings. The minimum Gasteiger partial charge on any atom is -0.342 e. The van der Waals surface area contributed by atoms with E-state index in [1.165, 1.54) is 5.56 Å². The summed E-state index contributed by atoms with van der Waals surface area (Å²) in [5, 5.41) is 4.14. The zero-order valence-electron chi connectivity index (χ0n) is 24.5. The van der Waals surface area contributed by atoms with E-state index in [0.29, 0.717) is 12.4 Å². The Balaban J connectivity index is 1.24. The van der Waals surface area contributed by atoms with E-state index in [9.17, 15) is 0 Å². The topological polar surface area (TPSA) is 87.0 Å². The van der Waals surface area contributed by atoms with Gasteiger partial charge < -0.3 is 15.2 Å². The number of aromatic nitrogens is 6. The molecule has 0 unspecified atom stereocenters. The van der Waals surface area contributed by atoms with Crippen molar-refractivity contribution in [2.24, 2.45) is 0 Å². The number of nitrogens with zero attached hydrogens (tertiary/aromatic N) is 6. The van der Waals surface area contributed by atoms with Gasteiger partial charge in [0.1, 0.15) is 11.5 Å². The van der Waals surface area contributed by atoms with Gasteiger partial charge in [0.25, 0.3) is 0 Å². The standard InChI is InChI=1S/C35H31ClN8/c1-43(2)19-16-23-8-7-10-26(20-23)38-35-37-17-15-29(41-35)34-33(42-32-12-5-6-18-44(32)34)25-13-14-28-30(21-25)40-31(39-28)22-24-9-3-4-11-27(24)36/h3-15,17-18,20-21H,16,19,22H2,1-2H3,(H,39,40)(H,37,38,41). The molecule has 7 rings (SSSR count). The lowest BCUT2D eigenvalue weighted by molar-refractivity contribution is 0.413. The van der Waals surface area contributed by atoms with Gasteiger partial charge in [-0.1, -0.05) is 54.1 Å². The average molecular weight is 599 g/mol.